The predicted molar refractivity (Wildman–Crippen MR) is 48.0 cm³/mol. The van der Waals surface area contributed by atoms with Crippen molar-refractivity contribution in [1.82, 2.24) is 0 Å². The monoisotopic (exact) mass is 138 g/mol. The lowest BCUT2D eigenvalue weighted by Crippen LogP contribution is -2.01. The summed E-state index contributed by atoms with van der Waals surface area (Å²) in [6.07, 6.45) is 3.99. The van der Waals surface area contributed by atoms with Gasteiger partial charge in [-0.3, -0.25) is 0 Å². The first-order chi connectivity index (χ1) is 4.59. The largest absolute Gasteiger partial charge is 0.0991 e. The molecule has 0 unspecified atom stereocenters. The van der Waals surface area contributed by atoms with E-state index in [4.69, 9.17) is 0 Å². The summed E-state index contributed by atoms with van der Waals surface area (Å²) < 4.78 is 0. The average molecular weight is 138 g/mol. The van der Waals surface area contributed by atoms with Gasteiger partial charge in [0.2, 0.25) is 0 Å². The van der Waals surface area contributed by atoms with E-state index in [0.29, 0.717) is 11.8 Å². The second-order valence-electron chi connectivity index (χ2n) is 3.21. The molecule has 0 fully saturated rings. The fourth-order valence-electron chi connectivity index (χ4n) is 1.19. The third-order valence-corrected chi connectivity index (χ3v) is 1.64. The van der Waals surface area contributed by atoms with E-state index in [1.807, 2.05) is 6.08 Å². The molecule has 0 saturated carbocycles. The van der Waals surface area contributed by atoms with Gasteiger partial charge in [-0.2, -0.15) is 0 Å². The second kappa shape index (κ2) is 4.32. The molecule has 0 aliphatic carbocycles. The molecule has 0 nitrogen and oxygen atoms in total. The maximum absolute atomic E-state index is 3.69. The molecule has 0 heteroatoms. The predicted octanol–water partition coefficient (Wildman–Crippen LogP) is 3.41. The molecule has 0 aromatic heterocycles. The molecule has 0 saturated heterocycles. The molecule has 0 aliphatic heterocycles. The van der Waals surface area contributed by atoms with Crippen molar-refractivity contribution in [1.29, 1.82) is 0 Å². The lowest BCUT2D eigenvalue weighted by molar-refractivity contribution is 0.626. The summed E-state index contributed by atoms with van der Waals surface area (Å²) in [5, 5.41) is 0. The zero-order valence-corrected chi connectivity index (χ0v) is 7.52. The topological polar surface area (TPSA) is 0 Å². The van der Waals surface area contributed by atoms with E-state index < -0.39 is 0 Å². The van der Waals surface area contributed by atoms with Gasteiger partial charge in [0.1, 0.15) is 0 Å². The number of allylic oxidation sites excluding steroid dienone is 3. The van der Waals surface area contributed by atoms with Gasteiger partial charge in [-0.25, -0.2) is 0 Å². The molecule has 0 bridgehead atoms. The Labute approximate surface area is 64.6 Å². The molecule has 0 atom stereocenters. The lowest BCUT2D eigenvalue weighted by atomic mass is 9.92. The van der Waals surface area contributed by atoms with E-state index in [2.05, 4.69) is 40.3 Å². The molecule has 0 aromatic carbocycles. The van der Waals surface area contributed by atoms with E-state index in [9.17, 15) is 0 Å². The van der Waals surface area contributed by atoms with Crippen LogP contribution >= 0.6 is 0 Å². The van der Waals surface area contributed by atoms with Crippen molar-refractivity contribution in [3.05, 3.63) is 24.3 Å². The third-order valence-electron chi connectivity index (χ3n) is 1.64. The van der Waals surface area contributed by atoms with Gasteiger partial charge in [0, 0.05) is 0 Å². The van der Waals surface area contributed by atoms with E-state index in [0.717, 1.165) is 0 Å². The molecule has 58 valence electrons. The maximum atomic E-state index is 3.69. The van der Waals surface area contributed by atoms with E-state index >= 15 is 0 Å². The summed E-state index contributed by atoms with van der Waals surface area (Å²) in [5.41, 5.74) is 1.48. The highest BCUT2D eigenvalue weighted by atomic mass is 14.1. The Morgan fingerprint density at radius 2 is 1.50 bits per heavy atom. The van der Waals surface area contributed by atoms with Crippen LogP contribution in [0.25, 0.3) is 0 Å². The fourth-order valence-corrected chi connectivity index (χ4v) is 1.19. The Bertz CT molecular complexity index is 117. The van der Waals surface area contributed by atoms with E-state index in [-0.39, 0.29) is 0 Å². The van der Waals surface area contributed by atoms with Crippen LogP contribution in [0.2, 0.25) is 0 Å². The van der Waals surface area contributed by atoms with Crippen LogP contribution in [0.15, 0.2) is 24.3 Å². The van der Waals surface area contributed by atoms with Crippen LogP contribution in [0.3, 0.4) is 0 Å². The molecule has 0 amide bonds. The van der Waals surface area contributed by atoms with Gasteiger partial charge >= 0.3 is 0 Å². The van der Waals surface area contributed by atoms with Crippen LogP contribution in [0.1, 0.15) is 27.7 Å². The summed E-state index contributed by atoms with van der Waals surface area (Å²) >= 11 is 0. The minimum absolute atomic E-state index is 0.651. The Morgan fingerprint density at radius 1 is 1.10 bits per heavy atom. The summed E-state index contributed by atoms with van der Waals surface area (Å²) in [6, 6.07) is 0. The van der Waals surface area contributed by atoms with Crippen LogP contribution in [-0.2, 0) is 0 Å². The summed E-state index contributed by atoms with van der Waals surface area (Å²) in [5.74, 6) is 1.30. The Balaban J connectivity index is 4.26. The molecule has 0 radical (unpaired) electrons. The van der Waals surface area contributed by atoms with Gasteiger partial charge in [-0.1, -0.05) is 52.0 Å². The third kappa shape index (κ3) is 2.86. The lowest BCUT2D eigenvalue weighted by Gasteiger charge is -2.13. The highest BCUT2D eigenvalue weighted by Crippen LogP contribution is 2.18. The first-order valence-corrected chi connectivity index (χ1v) is 3.92. The van der Waals surface area contributed by atoms with Crippen molar-refractivity contribution in [3.63, 3.8) is 0 Å². The zero-order chi connectivity index (χ0) is 8.15. The smallest absolute Gasteiger partial charge is 0.0254 e. The number of hydrogen-bond donors (Lipinski definition) is 0. The van der Waals surface area contributed by atoms with Crippen LogP contribution < -0.4 is 0 Å². The van der Waals surface area contributed by atoms with Crippen molar-refractivity contribution in [3.8, 4) is 0 Å². The standard InChI is InChI=1S/C10H18/c1-6-7-10(8(2)3)9(4)5/h6-9H,1H2,2-5H3. The molecule has 0 aliphatic rings. The van der Waals surface area contributed by atoms with Gasteiger partial charge in [0.25, 0.3) is 0 Å². The van der Waals surface area contributed by atoms with E-state index in [1.54, 1.807) is 0 Å². The molecule has 0 rings (SSSR count). The number of rotatable bonds is 3. The molecule has 0 heterocycles. The van der Waals surface area contributed by atoms with Crippen LogP contribution in [0, 0.1) is 11.8 Å². The van der Waals surface area contributed by atoms with E-state index in [1.165, 1.54) is 5.57 Å². The Hall–Kier alpha value is -0.520. The molecule has 10 heavy (non-hydrogen) atoms. The number of hydrogen-bond acceptors (Lipinski definition) is 0. The van der Waals surface area contributed by atoms with Crippen molar-refractivity contribution in [2.24, 2.45) is 11.8 Å². The molecular weight excluding hydrogens is 120 g/mol. The second-order valence-corrected chi connectivity index (χ2v) is 3.21. The van der Waals surface area contributed by atoms with Crippen molar-refractivity contribution >= 4 is 0 Å². The van der Waals surface area contributed by atoms with Gasteiger partial charge in [0.05, 0.1) is 0 Å². The minimum Gasteiger partial charge on any atom is -0.0991 e. The van der Waals surface area contributed by atoms with Gasteiger partial charge < -0.3 is 0 Å². The fraction of sp³-hybridized carbons (Fsp3) is 0.600. The first-order valence-electron chi connectivity index (χ1n) is 3.92. The van der Waals surface area contributed by atoms with Crippen LogP contribution in [0.4, 0.5) is 0 Å². The maximum Gasteiger partial charge on any atom is -0.0254 e. The molecule has 0 aromatic rings. The van der Waals surface area contributed by atoms with Crippen molar-refractivity contribution in [2.45, 2.75) is 27.7 Å². The highest BCUT2D eigenvalue weighted by molar-refractivity contribution is 5.14. The van der Waals surface area contributed by atoms with Crippen molar-refractivity contribution < 1.29 is 0 Å². The zero-order valence-electron chi connectivity index (χ0n) is 7.52. The Kier molecular flexibility index (Phi) is 4.10. The molecular formula is C10H18. The normalized spacial score (nSPS) is 10.2. The summed E-state index contributed by atoms with van der Waals surface area (Å²) in [7, 11) is 0. The van der Waals surface area contributed by atoms with Crippen LogP contribution in [-0.4, -0.2) is 0 Å². The highest BCUT2D eigenvalue weighted by Gasteiger charge is 2.05. The minimum atomic E-state index is 0.651. The molecule has 0 spiro atoms. The molecule has 0 N–H and O–H groups in total. The summed E-state index contributed by atoms with van der Waals surface area (Å²) in [4.78, 5) is 0. The average Bonchev–Trinajstić information content (AvgIpc) is 1.81. The SMILES string of the molecule is C=CC=C(C(C)C)C(C)C. The summed E-state index contributed by atoms with van der Waals surface area (Å²) in [6.45, 7) is 12.6. The van der Waals surface area contributed by atoms with Crippen molar-refractivity contribution in [2.75, 3.05) is 0 Å². The van der Waals surface area contributed by atoms with Gasteiger partial charge in [0.15, 0.2) is 0 Å². The quantitative estimate of drug-likeness (QED) is 0.524. The van der Waals surface area contributed by atoms with Gasteiger partial charge in [-0.15, -0.1) is 0 Å². The van der Waals surface area contributed by atoms with Gasteiger partial charge in [-0.05, 0) is 11.8 Å². The van der Waals surface area contributed by atoms with Crippen LogP contribution in [0.5, 0.6) is 0 Å². The first kappa shape index (κ1) is 9.48. The Morgan fingerprint density at radius 3 is 1.60 bits per heavy atom.